The number of benzene rings is 2. The fourth-order valence-corrected chi connectivity index (χ4v) is 3.72. The Hall–Kier alpha value is -2.87. The molecule has 4 rings (SSSR count). The van der Waals surface area contributed by atoms with Gasteiger partial charge in [-0.1, -0.05) is 42.5 Å². The Morgan fingerprint density at radius 1 is 0.864 bits per heavy atom. The molecule has 0 saturated carbocycles. The summed E-state index contributed by atoms with van der Waals surface area (Å²) in [5.74, 6) is 0. The van der Waals surface area contributed by atoms with Crippen molar-refractivity contribution >= 4 is 26.3 Å². The van der Waals surface area contributed by atoms with Crippen LogP contribution >= 0.6 is 0 Å². The van der Waals surface area contributed by atoms with E-state index in [0.717, 1.165) is 4.63 Å². The minimum Gasteiger partial charge on any atom is -0.217 e. The van der Waals surface area contributed by atoms with Gasteiger partial charge < -0.3 is 0 Å². The van der Waals surface area contributed by atoms with E-state index in [4.69, 9.17) is 0 Å². The predicted molar refractivity (Wildman–Crippen MR) is 78.0 cm³/mol. The van der Waals surface area contributed by atoms with Gasteiger partial charge in [0.1, 0.15) is 0 Å². The molecule has 0 aliphatic carbocycles. The maximum absolute atomic E-state index is 12.9. The van der Waals surface area contributed by atoms with Crippen LogP contribution < -0.4 is 0 Å². The van der Waals surface area contributed by atoms with E-state index in [0.29, 0.717) is 16.4 Å². The minimum absolute atomic E-state index is 0.0610. The molecule has 0 unspecified atom stereocenters. The maximum atomic E-state index is 12.9. The Bertz CT molecular complexity index is 1090. The Labute approximate surface area is 125 Å². The molecule has 0 atom stereocenters. The first kappa shape index (κ1) is 12.8. The molecule has 0 aliphatic rings. The summed E-state index contributed by atoms with van der Waals surface area (Å²) < 4.78 is 26.9. The Balaban J connectivity index is 2.14. The van der Waals surface area contributed by atoms with Gasteiger partial charge in [0.25, 0.3) is 0 Å². The van der Waals surface area contributed by atoms with Crippen LogP contribution in [0.5, 0.6) is 0 Å². The van der Waals surface area contributed by atoms with E-state index in [1.165, 1.54) is 12.1 Å². The van der Waals surface area contributed by atoms with E-state index in [2.05, 4.69) is 20.6 Å². The van der Waals surface area contributed by atoms with Crippen LogP contribution in [0.15, 0.2) is 64.5 Å². The quantitative estimate of drug-likeness (QED) is 0.557. The molecule has 4 aromatic rings. The molecule has 7 nitrogen and oxygen atoms in total. The van der Waals surface area contributed by atoms with Crippen molar-refractivity contribution in [3.63, 3.8) is 0 Å². The van der Waals surface area contributed by atoms with Crippen LogP contribution in [0.2, 0.25) is 0 Å². The number of sulfone groups is 1. The topological polar surface area (TPSA) is 90.1 Å². The number of tetrazole rings is 1. The van der Waals surface area contributed by atoms with Gasteiger partial charge in [-0.25, -0.2) is 8.42 Å². The van der Waals surface area contributed by atoms with Crippen LogP contribution in [0.25, 0.3) is 16.4 Å². The zero-order valence-corrected chi connectivity index (χ0v) is 12.0. The second-order valence-corrected chi connectivity index (χ2v) is 6.52. The van der Waals surface area contributed by atoms with Gasteiger partial charge in [-0.3, -0.25) is 0 Å². The molecule has 0 radical (unpaired) electrons. The minimum atomic E-state index is -3.76. The lowest BCUT2D eigenvalue weighted by molar-refractivity contribution is 0.587. The lowest BCUT2D eigenvalue weighted by Gasteiger charge is -2.07. The summed E-state index contributed by atoms with van der Waals surface area (Å²) in [6, 6.07) is 15.2. The van der Waals surface area contributed by atoms with Crippen molar-refractivity contribution in [2.24, 2.45) is 0 Å². The first-order valence-corrected chi connectivity index (χ1v) is 7.93. The first-order chi connectivity index (χ1) is 10.7. The molecule has 0 amide bonds. The van der Waals surface area contributed by atoms with Crippen molar-refractivity contribution in [3.05, 3.63) is 54.6 Å². The highest BCUT2D eigenvalue weighted by Gasteiger charge is 2.24. The van der Waals surface area contributed by atoms with Crippen LogP contribution in [0.3, 0.4) is 0 Å². The number of nitrogens with zero attached hydrogens (tertiary/aromatic N) is 5. The molecule has 0 aliphatic heterocycles. The molecule has 0 bridgehead atoms. The number of rotatable bonds is 2. The van der Waals surface area contributed by atoms with Crippen molar-refractivity contribution in [2.45, 2.75) is 9.92 Å². The summed E-state index contributed by atoms with van der Waals surface area (Å²) in [6.07, 6.45) is 0. The molecule has 108 valence electrons. The molecule has 0 N–H and O–H groups in total. The van der Waals surface area contributed by atoms with Crippen LogP contribution in [0, 0.1) is 0 Å². The van der Waals surface area contributed by atoms with Crippen LogP contribution in [-0.2, 0) is 9.84 Å². The molecule has 0 spiro atoms. The zero-order chi connectivity index (χ0) is 15.2. The van der Waals surface area contributed by atoms with E-state index in [9.17, 15) is 8.42 Å². The fraction of sp³-hybridized carbons (Fsp3) is 0. The lowest BCUT2D eigenvalue weighted by atomic mass is 10.2. The third-order valence-electron chi connectivity index (χ3n) is 3.35. The van der Waals surface area contributed by atoms with Gasteiger partial charge in [0.15, 0.2) is 5.03 Å². The third kappa shape index (κ3) is 1.77. The molecule has 0 saturated heterocycles. The summed E-state index contributed by atoms with van der Waals surface area (Å²) in [7, 11) is -3.76. The van der Waals surface area contributed by atoms with Gasteiger partial charge in [0.05, 0.1) is 4.90 Å². The van der Waals surface area contributed by atoms with Crippen molar-refractivity contribution < 1.29 is 8.42 Å². The smallest absolute Gasteiger partial charge is 0.217 e. The summed E-state index contributed by atoms with van der Waals surface area (Å²) in [5, 5.41) is 16.3. The fourth-order valence-electron chi connectivity index (χ4n) is 2.33. The van der Waals surface area contributed by atoms with Crippen molar-refractivity contribution in [1.29, 1.82) is 0 Å². The Morgan fingerprint density at radius 3 is 2.32 bits per heavy atom. The summed E-state index contributed by atoms with van der Waals surface area (Å²) in [4.78, 5) is 0.181. The van der Waals surface area contributed by atoms with Gasteiger partial charge in [-0.05, 0) is 22.6 Å². The number of fused-ring (bicyclic) bond motifs is 3. The van der Waals surface area contributed by atoms with E-state index in [-0.39, 0.29) is 9.92 Å². The summed E-state index contributed by atoms with van der Waals surface area (Å²) in [5.41, 5.74) is 0.419. The average Bonchev–Trinajstić information content (AvgIpc) is 3.04. The second-order valence-electron chi connectivity index (χ2n) is 4.66. The van der Waals surface area contributed by atoms with Crippen LogP contribution in [0.1, 0.15) is 0 Å². The van der Waals surface area contributed by atoms with E-state index in [1.54, 1.807) is 42.5 Å². The van der Waals surface area contributed by atoms with E-state index in [1.807, 2.05) is 0 Å². The van der Waals surface area contributed by atoms with E-state index >= 15 is 0 Å². The maximum Gasteiger partial charge on any atom is 0.226 e. The van der Waals surface area contributed by atoms with Crippen molar-refractivity contribution in [3.8, 4) is 0 Å². The number of hydrogen-bond acceptors (Lipinski definition) is 6. The zero-order valence-electron chi connectivity index (χ0n) is 11.2. The van der Waals surface area contributed by atoms with Crippen LogP contribution in [-0.4, -0.2) is 33.7 Å². The molecule has 2 aromatic carbocycles. The average molecular weight is 311 g/mol. The SMILES string of the molecule is O=S(=O)(c1ccccc1)c1nn2nnnc2c2ccccc12. The molecule has 2 heterocycles. The molecule has 8 heteroatoms. The Kier molecular flexibility index (Phi) is 2.67. The largest absolute Gasteiger partial charge is 0.226 e. The van der Waals surface area contributed by atoms with Gasteiger partial charge in [0, 0.05) is 10.8 Å². The Morgan fingerprint density at radius 2 is 1.55 bits per heavy atom. The van der Waals surface area contributed by atoms with Gasteiger partial charge in [-0.2, -0.15) is 0 Å². The highest BCUT2D eigenvalue weighted by molar-refractivity contribution is 7.91. The molecular formula is C14H9N5O2S. The predicted octanol–water partition coefficient (Wildman–Crippen LogP) is 1.51. The highest BCUT2D eigenvalue weighted by atomic mass is 32.2. The summed E-state index contributed by atoms with van der Waals surface area (Å²) >= 11 is 0. The molecule has 2 aromatic heterocycles. The van der Waals surface area contributed by atoms with Gasteiger partial charge >= 0.3 is 0 Å². The van der Waals surface area contributed by atoms with E-state index < -0.39 is 9.84 Å². The van der Waals surface area contributed by atoms with Crippen molar-refractivity contribution in [1.82, 2.24) is 25.3 Å². The third-order valence-corrected chi connectivity index (χ3v) is 5.05. The van der Waals surface area contributed by atoms with Gasteiger partial charge in [-0.15, -0.1) is 14.8 Å². The standard InChI is InChI=1S/C14H9N5O2S/c20-22(21,10-6-2-1-3-7-10)14-12-9-5-4-8-11(12)13-15-17-18-19(13)16-14/h1-9H. The van der Waals surface area contributed by atoms with Crippen molar-refractivity contribution in [2.75, 3.05) is 0 Å². The molecule has 0 fully saturated rings. The normalized spacial score (nSPS) is 12.0. The molecule has 22 heavy (non-hydrogen) atoms. The highest BCUT2D eigenvalue weighted by Crippen LogP contribution is 2.27. The molecular weight excluding hydrogens is 302 g/mol. The second kappa shape index (κ2) is 4.57. The summed E-state index contributed by atoms with van der Waals surface area (Å²) in [6.45, 7) is 0. The lowest BCUT2D eigenvalue weighted by Crippen LogP contribution is -2.09. The van der Waals surface area contributed by atoms with Gasteiger partial charge in [0.2, 0.25) is 15.5 Å². The monoisotopic (exact) mass is 311 g/mol. The first-order valence-electron chi connectivity index (χ1n) is 6.45. The van der Waals surface area contributed by atoms with Crippen LogP contribution in [0.4, 0.5) is 0 Å². The number of aromatic nitrogens is 5. The number of hydrogen-bond donors (Lipinski definition) is 0.